The lowest BCUT2D eigenvalue weighted by Gasteiger charge is -2.10. The van der Waals surface area contributed by atoms with E-state index in [0.717, 1.165) is 21.5 Å². The zero-order chi connectivity index (χ0) is 21.5. The third kappa shape index (κ3) is 5.06. The van der Waals surface area contributed by atoms with Crippen molar-refractivity contribution in [3.05, 3.63) is 46.8 Å². The molecule has 160 valence electrons. The van der Waals surface area contributed by atoms with E-state index in [1.165, 1.54) is 16.2 Å². The van der Waals surface area contributed by atoms with E-state index >= 15 is 0 Å². The molecular weight excluding hydrogens is 420 g/mol. The fourth-order valence-corrected chi connectivity index (χ4v) is 4.70. The van der Waals surface area contributed by atoms with Crippen LogP contribution in [0.5, 0.6) is 11.5 Å². The third-order valence-corrected chi connectivity index (χ3v) is 6.43. The van der Waals surface area contributed by atoms with Crippen molar-refractivity contribution in [2.75, 3.05) is 33.7 Å². The summed E-state index contributed by atoms with van der Waals surface area (Å²) in [5.41, 5.74) is 1.80. The highest BCUT2D eigenvalue weighted by Gasteiger charge is 2.16. The smallest absolute Gasteiger partial charge is 0.252 e. The number of thiazole rings is 1. The first-order valence-corrected chi connectivity index (χ1v) is 11.7. The number of ether oxygens (including phenoxy) is 3. The highest BCUT2D eigenvalue weighted by atomic mass is 32.2. The van der Waals surface area contributed by atoms with Gasteiger partial charge >= 0.3 is 0 Å². The summed E-state index contributed by atoms with van der Waals surface area (Å²) in [7, 11) is 3.26. The number of fused-ring (bicyclic) bond motifs is 1. The number of carbonyl (C=O) groups is 1. The predicted octanol–water partition coefficient (Wildman–Crippen LogP) is 4.15. The Labute approximate surface area is 184 Å². The number of thioether (sulfide) groups is 1. The molecule has 0 aliphatic rings. The quantitative estimate of drug-likeness (QED) is 0.365. The second kappa shape index (κ2) is 10.7. The van der Waals surface area contributed by atoms with Crippen molar-refractivity contribution >= 4 is 39.2 Å². The number of methoxy groups -OCH3 is 2. The summed E-state index contributed by atoms with van der Waals surface area (Å²) in [5.74, 6) is 1.24. The van der Waals surface area contributed by atoms with Crippen LogP contribution in [-0.2, 0) is 22.5 Å². The van der Waals surface area contributed by atoms with Gasteiger partial charge in [0.15, 0.2) is 4.80 Å². The molecular formula is C22H26N2O4S2. The van der Waals surface area contributed by atoms with Gasteiger partial charge in [0.1, 0.15) is 21.7 Å². The monoisotopic (exact) mass is 446 g/mol. The molecule has 0 saturated carbocycles. The van der Waals surface area contributed by atoms with Crippen molar-refractivity contribution in [2.24, 2.45) is 4.99 Å². The van der Waals surface area contributed by atoms with Gasteiger partial charge in [-0.1, -0.05) is 23.5 Å². The average molecular weight is 447 g/mol. The van der Waals surface area contributed by atoms with Gasteiger partial charge in [-0.2, -0.15) is 4.99 Å². The number of nitrogens with zero attached hydrogens (tertiary/aromatic N) is 2. The molecule has 2 aromatic carbocycles. The van der Waals surface area contributed by atoms with Crippen LogP contribution in [-0.4, -0.2) is 44.2 Å². The van der Waals surface area contributed by atoms with Crippen LogP contribution in [0, 0.1) is 0 Å². The molecule has 0 aliphatic carbocycles. The van der Waals surface area contributed by atoms with E-state index < -0.39 is 0 Å². The summed E-state index contributed by atoms with van der Waals surface area (Å²) in [5, 5.41) is 0. The summed E-state index contributed by atoms with van der Waals surface area (Å²) >= 11 is 3.09. The second-order valence-electron chi connectivity index (χ2n) is 6.41. The standard InChI is InChI=1S/C22H26N2O4S2/c1-5-28-13-12-24-20-17(26-2)10-11-18(27-3)21(20)30-22(24)23-19(25)14-15-6-8-16(29-4)9-7-15/h6-11H,5,12-14H2,1-4H3. The number of amides is 1. The summed E-state index contributed by atoms with van der Waals surface area (Å²) < 4.78 is 19.5. The van der Waals surface area contributed by atoms with Crippen molar-refractivity contribution in [3.63, 3.8) is 0 Å². The Bertz CT molecular complexity index is 1070. The van der Waals surface area contributed by atoms with E-state index in [1.54, 1.807) is 26.0 Å². The van der Waals surface area contributed by atoms with Crippen LogP contribution >= 0.6 is 23.1 Å². The molecule has 0 saturated heterocycles. The molecule has 0 bridgehead atoms. The number of rotatable bonds is 9. The third-order valence-electron chi connectivity index (χ3n) is 4.59. The molecule has 0 radical (unpaired) electrons. The zero-order valence-corrected chi connectivity index (χ0v) is 19.3. The van der Waals surface area contributed by atoms with Crippen LogP contribution < -0.4 is 14.3 Å². The van der Waals surface area contributed by atoms with E-state index in [2.05, 4.69) is 4.99 Å². The van der Waals surface area contributed by atoms with Crippen LogP contribution in [0.4, 0.5) is 0 Å². The van der Waals surface area contributed by atoms with Gasteiger partial charge in [0.25, 0.3) is 5.91 Å². The van der Waals surface area contributed by atoms with Gasteiger partial charge in [-0.25, -0.2) is 0 Å². The lowest BCUT2D eigenvalue weighted by molar-refractivity contribution is -0.117. The van der Waals surface area contributed by atoms with Gasteiger partial charge in [-0.15, -0.1) is 11.8 Å². The van der Waals surface area contributed by atoms with Crippen LogP contribution in [0.25, 0.3) is 10.2 Å². The summed E-state index contributed by atoms with van der Waals surface area (Å²) in [6.45, 7) is 3.66. The predicted molar refractivity (Wildman–Crippen MR) is 122 cm³/mol. The van der Waals surface area contributed by atoms with Gasteiger partial charge in [0, 0.05) is 18.0 Å². The average Bonchev–Trinajstić information content (AvgIpc) is 3.11. The van der Waals surface area contributed by atoms with E-state index in [-0.39, 0.29) is 12.3 Å². The lowest BCUT2D eigenvalue weighted by Crippen LogP contribution is -2.20. The molecule has 1 aromatic heterocycles. The van der Waals surface area contributed by atoms with E-state index in [4.69, 9.17) is 14.2 Å². The normalized spacial score (nSPS) is 11.8. The van der Waals surface area contributed by atoms with Crippen molar-refractivity contribution in [1.82, 2.24) is 4.57 Å². The minimum absolute atomic E-state index is 0.193. The van der Waals surface area contributed by atoms with Crippen LogP contribution in [0.1, 0.15) is 12.5 Å². The Balaban J connectivity index is 2.03. The second-order valence-corrected chi connectivity index (χ2v) is 8.27. The minimum atomic E-state index is -0.193. The largest absolute Gasteiger partial charge is 0.495 e. The molecule has 30 heavy (non-hydrogen) atoms. The molecule has 0 N–H and O–H groups in total. The lowest BCUT2D eigenvalue weighted by atomic mass is 10.1. The molecule has 8 heteroatoms. The molecule has 0 atom stereocenters. The van der Waals surface area contributed by atoms with Gasteiger partial charge in [-0.3, -0.25) is 4.79 Å². The van der Waals surface area contributed by atoms with E-state index in [9.17, 15) is 4.79 Å². The van der Waals surface area contributed by atoms with Gasteiger partial charge in [0.05, 0.1) is 27.2 Å². The Morgan fingerprint density at radius 2 is 1.80 bits per heavy atom. The Morgan fingerprint density at radius 3 is 2.43 bits per heavy atom. The van der Waals surface area contributed by atoms with Crippen LogP contribution in [0.2, 0.25) is 0 Å². The molecule has 0 fully saturated rings. The molecule has 1 heterocycles. The fraction of sp³-hybridized carbons (Fsp3) is 0.364. The first-order valence-electron chi connectivity index (χ1n) is 9.63. The van der Waals surface area contributed by atoms with Crippen molar-refractivity contribution in [2.45, 2.75) is 24.8 Å². The van der Waals surface area contributed by atoms with Crippen molar-refractivity contribution in [1.29, 1.82) is 0 Å². The van der Waals surface area contributed by atoms with Gasteiger partial charge in [0.2, 0.25) is 0 Å². The van der Waals surface area contributed by atoms with Gasteiger partial charge < -0.3 is 18.8 Å². The maximum atomic E-state index is 12.7. The van der Waals surface area contributed by atoms with Crippen molar-refractivity contribution in [3.8, 4) is 11.5 Å². The first-order chi connectivity index (χ1) is 14.6. The number of hydrogen-bond donors (Lipinski definition) is 0. The van der Waals surface area contributed by atoms with Crippen molar-refractivity contribution < 1.29 is 19.0 Å². The number of hydrogen-bond acceptors (Lipinski definition) is 6. The SMILES string of the molecule is CCOCCn1c(=NC(=O)Cc2ccc(SC)cc2)sc2c(OC)ccc(OC)c21. The number of benzene rings is 2. The summed E-state index contributed by atoms with van der Waals surface area (Å²) in [4.78, 5) is 18.9. The highest BCUT2D eigenvalue weighted by molar-refractivity contribution is 7.98. The van der Waals surface area contributed by atoms with E-state index in [1.807, 2.05) is 54.1 Å². The first kappa shape index (κ1) is 22.4. The van der Waals surface area contributed by atoms with E-state index in [0.29, 0.717) is 30.3 Å². The minimum Gasteiger partial charge on any atom is -0.495 e. The van der Waals surface area contributed by atoms with Crippen LogP contribution in [0.15, 0.2) is 46.3 Å². The number of carbonyl (C=O) groups excluding carboxylic acids is 1. The zero-order valence-electron chi connectivity index (χ0n) is 17.6. The summed E-state index contributed by atoms with van der Waals surface area (Å²) in [6, 6.07) is 11.7. The molecule has 0 unspecified atom stereocenters. The fourth-order valence-electron chi connectivity index (χ4n) is 3.11. The van der Waals surface area contributed by atoms with Gasteiger partial charge in [-0.05, 0) is 43.0 Å². The summed E-state index contributed by atoms with van der Waals surface area (Å²) in [6.07, 6.45) is 2.28. The highest BCUT2D eigenvalue weighted by Crippen LogP contribution is 2.35. The molecule has 3 aromatic rings. The molecule has 0 aliphatic heterocycles. The molecule has 1 amide bonds. The maximum Gasteiger partial charge on any atom is 0.252 e. The number of aromatic nitrogens is 1. The Kier molecular flexibility index (Phi) is 7.95. The molecule has 0 spiro atoms. The Hall–Kier alpha value is -2.29. The maximum absolute atomic E-state index is 12.7. The Morgan fingerprint density at radius 1 is 1.10 bits per heavy atom. The topological polar surface area (TPSA) is 62.1 Å². The van der Waals surface area contributed by atoms with Crippen LogP contribution in [0.3, 0.4) is 0 Å². The molecule has 6 nitrogen and oxygen atoms in total. The molecule has 3 rings (SSSR count).